The summed E-state index contributed by atoms with van der Waals surface area (Å²) >= 11 is 0. The maximum Gasteiger partial charge on any atom is 0.0563 e. The molecule has 13 rings (SSSR count). The topological polar surface area (TPSA) is 3.24 Å². The zero-order valence-electron chi connectivity index (χ0n) is 41.1. The molecule has 0 heterocycles. The van der Waals surface area contributed by atoms with E-state index in [4.69, 9.17) is 0 Å². The molecule has 0 bridgehead atoms. The second-order valence-corrected chi connectivity index (χ2v) is 21.7. The quantitative estimate of drug-likeness (QED) is 0.154. The van der Waals surface area contributed by atoms with Crippen LogP contribution in [0.5, 0.6) is 0 Å². The summed E-state index contributed by atoms with van der Waals surface area (Å²) in [6, 6.07) is 70.9. The van der Waals surface area contributed by atoms with Crippen molar-refractivity contribution >= 4 is 22.5 Å². The highest BCUT2D eigenvalue weighted by atomic mass is 15.2. The van der Waals surface area contributed by atoms with E-state index < -0.39 is 0 Å². The molecule has 0 radical (unpaired) electrons. The van der Waals surface area contributed by atoms with E-state index in [1.54, 1.807) is 0 Å². The molecule has 1 unspecified atom stereocenters. The van der Waals surface area contributed by atoms with Crippen molar-refractivity contribution in [3.8, 4) is 55.6 Å². The SMILES string of the molecule is CC1(C)C2=CCCC=C2c2ccc(-c3cc(N(c4ccc(-c5ccccc5)c(-c5ccc6c(c5)C(C)(C)c5c#cccc5-6)c4)C4C=CC5=C(C4)C(C)(C)c4ccccc45)ccc3-c3ccccc3)cc21. The molecule has 338 valence electrons. The minimum atomic E-state index is -0.200. The number of rotatable bonds is 7. The van der Waals surface area contributed by atoms with Gasteiger partial charge in [-0.25, -0.2) is 0 Å². The lowest BCUT2D eigenvalue weighted by atomic mass is 9.77. The predicted molar refractivity (Wildman–Crippen MR) is 294 cm³/mol. The average Bonchev–Trinajstić information content (AvgIpc) is 3.88. The lowest BCUT2D eigenvalue weighted by molar-refractivity contribution is 0.585. The first-order chi connectivity index (χ1) is 34.0. The van der Waals surface area contributed by atoms with Crippen LogP contribution in [0.15, 0.2) is 205 Å². The number of hydrogen-bond donors (Lipinski definition) is 0. The standard InChI is InChI=1S/C69H57N/c1-67(2)61-26-16-13-23-53(61)56-34-29-46(39-64(56)67)59-41-48(31-36-51(59)44-19-9-7-10-20-44)70(50-33-38-58-55-25-15-18-28-63(55)69(5,6)66(58)43-50)49-32-37-52(45-21-11-8-12-22-45)60(42-49)47-30-35-57-54-24-14-17-27-62(54)68(3,4)65(57)40-47/h7-13,15,18-25,27-42,50H,14,17,43H2,1-6H3. The molecule has 0 aliphatic heterocycles. The van der Waals surface area contributed by atoms with Gasteiger partial charge in [0.15, 0.2) is 0 Å². The number of fused-ring (bicyclic) bond motifs is 8. The molecular formula is C69H57N. The molecule has 1 heteroatoms. The van der Waals surface area contributed by atoms with Crippen molar-refractivity contribution in [3.05, 3.63) is 251 Å². The number of hydrogen-bond acceptors (Lipinski definition) is 1. The molecule has 1 atom stereocenters. The summed E-state index contributed by atoms with van der Waals surface area (Å²) in [5.74, 6) is 0. The molecule has 8 aromatic carbocycles. The fraction of sp³-hybridized carbons (Fsp3) is 0.188. The van der Waals surface area contributed by atoms with Crippen molar-refractivity contribution in [2.45, 2.75) is 83.1 Å². The van der Waals surface area contributed by atoms with Crippen LogP contribution in [-0.4, -0.2) is 6.04 Å². The first-order valence-electron chi connectivity index (χ1n) is 25.3. The lowest BCUT2D eigenvalue weighted by Crippen LogP contribution is -2.33. The summed E-state index contributed by atoms with van der Waals surface area (Å²) in [5.41, 5.74) is 28.3. The molecule has 70 heavy (non-hydrogen) atoms. The van der Waals surface area contributed by atoms with E-state index in [0.29, 0.717) is 0 Å². The number of allylic oxidation sites excluding steroid dienone is 6. The molecule has 8 aromatic rings. The molecule has 5 aliphatic rings. The Kier molecular flexibility index (Phi) is 9.51. The first kappa shape index (κ1) is 42.4. The first-order valence-corrected chi connectivity index (χ1v) is 25.3. The number of nitrogens with zero attached hydrogens (tertiary/aromatic N) is 1. The zero-order chi connectivity index (χ0) is 47.5. The Bertz CT molecular complexity index is 3590. The Morgan fingerprint density at radius 2 is 1.04 bits per heavy atom. The summed E-state index contributed by atoms with van der Waals surface area (Å²) in [6.45, 7) is 14.4. The third kappa shape index (κ3) is 6.39. The van der Waals surface area contributed by atoms with Crippen molar-refractivity contribution in [1.82, 2.24) is 0 Å². The van der Waals surface area contributed by atoms with Crippen LogP contribution < -0.4 is 4.90 Å². The Labute approximate surface area is 414 Å². The van der Waals surface area contributed by atoms with E-state index in [0.717, 1.165) is 19.3 Å². The fourth-order valence-electron chi connectivity index (χ4n) is 13.1. The predicted octanol–water partition coefficient (Wildman–Crippen LogP) is 17.9. The summed E-state index contributed by atoms with van der Waals surface area (Å²) < 4.78 is 0. The minimum absolute atomic E-state index is 0.0550. The molecule has 5 aliphatic carbocycles. The van der Waals surface area contributed by atoms with E-state index >= 15 is 0 Å². The summed E-state index contributed by atoms with van der Waals surface area (Å²) in [6.07, 6.45) is 13.0. The Morgan fingerprint density at radius 1 is 0.457 bits per heavy atom. The van der Waals surface area contributed by atoms with Gasteiger partial charge in [-0.1, -0.05) is 199 Å². The second kappa shape index (κ2) is 15.7. The van der Waals surface area contributed by atoms with E-state index in [2.05, 4.69) is 247 Å². The molecule has 0 aromatic heterocycles. The molecule has 0 amide bonds. The Morgan fingerprint density at radius 3 is 1.71 bits per heavy atom. The fourth-order valence-corrected chi connectivity index (χ4v) is 13.1. The van der Waals surface area contributed by atoms with Gasteiger partial charge in [0.25, 0.3) is 0 Å². The van der Waals surface area contributed by atoms with Crippen LogP contribution in [0.3, 0.4) is 0 Å². The molecule has 0 fully saturated rings. The van der Waals surface area contributed by atoms with Gasteiger partial charge >= 0.3 is 0 Å². The highest BCUT2D eigenvalue weighted by molar-refractivity contribution is 5.95. The van der Waals surface area contributed by atoms with Crippen molar-refractivity contribution in [1.29, 1.82) is 0 Å². The smallest absolute Gasteiger partial charge is 0.0563 e. The van der Waals surface area contributed by atoms with Gasteiger partial charge in [0.05, 0.1) is 6.04 Å². The summed E-state index contributed by atoms with van der Waals surface area (Å²) in [5, 5.41) is 0. The van der Waals surface area contributed by atoms with Gasteiger partial charge in [0.1, 0.15) is 0 Å². The van der Waals surface area contributed by atoms with Crippen LogP contribution in [0.4, 0.5) is 11.4 Å². The second-order valence-electron chi connectivity index (χ2n) is 21.7. The van der Waals surface area contributed by atoms with Gasteiger partial charge in [0.2, 0.25) is 0 Å². The van der Waals surface area contributed by atoms with Crippen LogP contribution in [0, 0.1) is 12.1 Å². The van der Waals surface area contributed by atoms with E-state index in [1.165, 1.54) is 123 Å². The lowest BCUT2D eigenvalue weighted by Gasteiger charge is -2.37. The third-order valence-corrected chi connectivity index (χ3v) is 16.8. The van der Waals surface area contributed by atoms with Gasteiger partial charge in [0, 0.05) is 33.2 Å². The molecule has 0 saturated carbocycles. The van der Waals surface area contributed by atoms with Crippen molar-refractivity contribution in [2.75, 3.05) is 4.90 Å². The van der Waals surface area contributed by atoms with Crippen LogP contribution in [0.1, 0.15) is 94.2 Å². The Hall–Kier alpha value is -7.66. The summed E-state index contributed by atoms with van der Waals surface area (Å²) in [4.78, 5) is 2.65. The van der Waals surface area contributed by atoms with Crippen molar-refractivity contribution < 1.29 is 0 Å². The van der Waals surface area contributed by atoms with Crippen molar-refractivity contribution in [3.63, 3.8) is 0 Å². The van der Waals surface area contributed by atoms with E-state index in [9.17, 15) is 0 Å². The van der Waals surface area contributed by atoms with Gasteiger partial charge in [-0.05, 0) is 174 Å². The van der Waals surface area contributed by atoms with Gasteiger partial charge in [-0.15, -0.1) is 0 Å². The number of benzene rings is 7. The zero-order valence-corrected chi connectivity index (χ0v) is 41.1. The minimum Gasteiger partial charge on any atom is -0.334 e. The van der Waals surface area contributed by atoms with Crippen LogP contribution in [-0.2, 0) is 16.2 Å². The molecule has 0 N–H and O–H groups in total. The largest absolute Gasteiger partial charge is 0.334 e. The molecule has 0 spiro atoms. The average molecular weight is 900 g/mol. The number of anilines is 2. The molecule has 1 nitrogen and oxygen atoms in total. The maximum atomic E-state index is 3.50. The summed E-state index contributed by atoms with van der Waals surface area (Å²) in [7, 11) is 0. The Balaban J connectivity index is 1.02. The van der Waals surface area contributed by atoms with Gasteiger partial charge in [-0.2, -0.15) is 0 Å². The molecule has 0 saturated heterocycles. The third-order valence-electron chi connectivity index (χ3n) is 16.8. The van der Waals surface area contributed by atoms with E-state index in [1.807, 2.05) is 6.07 Å². The highest BCUT2D eigenvalue weighted by Crippen LogP contribution is 2.55. The van der Waals surface area contributed by atoms with Crippen LogP contribution in [0.2, 0.25) is 0 Å². The monoisotopic (exact) mass is 899 g/mol. The van der Waals surface area contributed by atoms with Crippen LogP contribution >= 0.6 is 0 Å². The van der Waals surface area contributed by atoms with Crippen molar-refractivity contribution in [2.24, 2.45) is 0 Å². The maximum absolute atomic E-state index is 3.50. The van der Waals surface area contributed by atoms with Gasteiger partial charge in [-0.3, -0.25) is 0 Å². The van der Waals surface area contributed by atoms with E-state index in [-0.39, 0.29) is 22.3 Å². The van der Waals surface area contributed by atoms with Crippen LogP contribution in [0.25, 0.3) is 66.8 Å². The molecular weight excluding hydrogens is 843 g/mol. The van der Waals surface area contributed by atoms with Gasteiger partial charge < -0.3 is 4.90 Å². The highest BCUT2D eigenvalue weighted by Gasteiger charge is 2.42. The normalized spacial score (nSPS) is 18.1.